The number of likely N-dealkylation sites (N-methyl/N-ethyl adjacent to an activating group) is 1. The van der Waals surface area contributed by atoms with Crippen LogP contribution < -0.4 is 11.1 Å². The number of Topliss-reactive ketones (excluding diaryl/α,β-unsaturated/α-hetero) is 2. The monoisotopic (exact) mass is 591 g/mol. The maximum atomic E-state index is 14.0. The van der Waals surface area contributed by atoms with Crippen molar-refractivity contribution in [2.45, 2.75) is 37.8 Å². The van der Waals surface area contributed by atoms with Crippen molar-refractivity contribution in [2.24, 2.45) is 17.6 Å². The van der Waals surface area contributed by atoms with E-state index in [0.717, 1.165) is 0 Å². The standard InChI is InChI=1S/C31H33N3O9/c1-4-11-43-30(41)33-16-7-5-14(6-8-16)17-9-10-20(35)22-18(17)12-15-13-19-24(34(2)3)26(37)23(29(32)40)28(39)31(19,42)27(38)21(15)25(22)36/h5-10,15,19,24,35-36,39,42H,4,11-13H2,1-3H3,(H2,32,40)(H,33,41)/t15-,19-,24-,31-/m0/s1. The quantitative estimate of drug-likeness (QED) is 0.271. The number of ketones is 2. The highest BCUT2D eigenvalue weighted by molar-refractivity contribution is 6.24. The van der Waals surface area contributed by atoms with Gasteiger partial charge < -0.3 is 30.9 Å². The topological polar surface area (TPSA) is 200 Å². The second-order valence-electron chi connectivity index (χ2n) is 11.3. The van der Waals surface area contributed by atoms with Gasteiger partial charge in [0.05, 0.1) is 18.2 Å². The van der Waals surface area contributed by atoms with Gasteiger partial charge in [0.2, 0.25) is 5.78 Å². The van der Waals surface area contributed by atoms with Crippen LogP contribution in [0, 0.1) is 11.8 Å². The fourth-order valence-electron chi connectivity index (χ4n) is 6.60. The number of phenolic OH excluding ortho intramolecular Hbond substituents is 1. The van der Waals surface area contributed by atoms with E-state index < -0.39 is 64.1 Å². The zero-order valence-corrected chi connectivity index (χ0v) is 23.9. The number of anilines is 1. The number of benzene rings is 2. The van der Waals surface area contributed by atoms with E-state index in [4.69, 9.17) is 10.5 Å². The van der Waals surface area contributed by atoms with Crippen LogP contribution in [-0.4, -0.2) is 81.2 Å². The number of carbonyl (C=O) groups is 4. The van der Waals surface area contributed by atoms with Gasteiger partial charge >= 0.3 is 6.09 Å². The maximum Gasteiger partial charge on any atom is 0.411 e. The van der Waals surface area contributed by atoms with Crippen molar-refractivity contribution in [3.63, 3.8) is 0 Å². The molecule has 0 saturated heterocycles. The molecular weight excluding hydrogens is 558 g/mol. The minimum Gasteiger partial charge on any atom is -0.508 e. The van der Waals surface area contributed by atoms with E-state index in [0.29, 0.717) is 28.8 Å². The van der Waals surface area contributed by atoms with Crippen molar-refractivity contribution >= 4 is 35.0 Å². The number of nitrogens with one attached hydrogen (secondary N) is 1. The molecule has 2 amide bonds. The highest BCUT2D eigenvalue weighted by atomic mass is 16.5. The van der Waals surface area contributed by atoms with E-state index in [2.05, 4.69) is 5.32 Å². The van der Waals surface area contributed by atoms with Gasteiger partial charge in [0, 0.05) is 17.2 Å². The molecule has 0 spiro atoms. The summed E-state index contributed by atoms with van der Waals surface area (Å²) in [5, 5.41) is 47.6. The third-order valence-electron chi connectivity index (χ3n) is 8.48. The van der Waals surface area contributed by atoms with Crippen LogP contribution in [0.5, 0.6) is 5.75 Å². The normalized spacial score (nSPS) is 24.8. The summed E-state index contributed by atoms with van der Waals surface area (Å²) in [5.74, 6) is -7.02. The molecule has 1 saturated carbocycles. The highest BCUT2D eigenvalue weighted by Gasteiger charge is 2.64. The third kappa shape index (κ3) is 4.63. The van der Waals surface area contributed by atoms with E-state index in [1.165, 1.54) is 11.0 Å². The van der Waals surface area contributed by atoms with Gasteiger partial charge in [-0.15, -0.1) is 0 Å². The van der Waals surface area contributed by atoms with E-state index in [1.807, 2.05) is 6.92 Å². The number of primary amides is 1. The maximum absolute atomic E-state index is 14.0. The molecule has 226 valence electrons. The minimum atomic E-state index is -2.70. The van der Waals surface area contributed by atoms with Gasteiger partial charge in [0.25, 0.3) is 5.91 Å². The predicted molar refractivity (Wildman–Crippen MR) is 155 cm³/mol. The second-order valence-corrected chi connectivity index (χ2v) is 11.3. The van der Waals surface area contributed by atoms with Crippen molar-refractivity contribution in [1.29, 1.82) is 0 Å². The number of ether oxygens (including phenoxy) is 1. The molecule has 3 aliphatic carbocycles. The predicted octanol–water partition coefficient (Wildman–Crippen LogP) is 2.59. The Balaban J connectivity index is 1.59. The number of carbonyl (C=O) groups excluding carboxylic acids is 4. The summed E-state index contributed by atoms with van der Waals surface area (Å²) in [6, 6.07) is 8.73. The van der Waals surface area contributed by atoms with E-state index >= 15 is 0 Å². The smallest absolute Gasteiger partial charge is 0.411 e. The fourth-order valence-corrected chi connectivity index (χ4v) is 6.60. The lowest BCUT2D eigenvalue weighted by molar-refractivity contribution is -0.153. The van der Waals surface area contributed by atoms with Crippen LogP contribution in [0.4, 0.5) is 10.5 Å². The molecule has 1 fully saturated rings. The number of amides is 2. The minimum absolute atomic E-state index is 0.000801. The first-order valence-electron chi connectivity index (χ1n) is 13.9. The summed E-state index contributed by atoms with van der Waals surface area (Å²) >= 11 is 0. The van der Waals surface area contributed by atoms with Crippen LogP contribution in [0.25, 0.3) is 16.9 Å². The zero-order valence-electron chi connectivity index (χ0n) is 23.9. The zero-order chi connectivity index (χ0) is 31.4. The lowest BCUT2D eigenvalue weighted by Gasteiger charge is -2.50. The van der Waals surface area contributed by atoms with Gasteiger partial charge in [-0.25, -0.2) is 4.79 Å². The summed E-state index contributed by atoms with van der Waals surface area (Å²) in [7, 11) is 3.09. The number of nitrogens with two attached hydrogens (primary N) is 1. The second kappa shape index (κ2) is 10.9. The molecule has 0 heterocycles. The number of hydrogen-bond acceptors (Lipinski definition) is 10. The first kappa shape index (κ1) is 29.8. The summed E-state index contributed by atoms with van der Waals surface area (Å²) in [6.07, 6.45) is 0.250. The van der Waals surface area contributed by atoms with Crippen molar-refractivity contribution < 1.29 is 44.3 Å². The van der Waals surface area contributed by atoms with Gasteiger partial charge in [-0.2, -0.15) is 0 Å². The Bertz CT molecular complexity index is 1610. The molecule has 3 aliphatic rings. The van der Waals surface area contributed by atoms with Crippen molar-refractivity contribution in [2.75, 3.05) is 26.0 Å². The molecule has 0 unspecified atom stereocenters. The van der Waals surface area contributed by atoms with Crippen molar-refractivity contribution in [3.05, 3.63) is 64.4 Å². The van der Waals surface area contributed by atoms with Gasteiger partial charge in [-0.1, -0.05) is 25.1 Å². The molecule has 0 aliphatic heterocycles. The number of aliphatic hydroxyl groups excluding tert-OH is 2. The summed E-state index contributed by atoms with van der Waals surface area (Å²) < 4.78 is 5.04. The summed E-state index contributed by atoms with van der Waals surface area (Å²) in [4.78, 5) is 52.8. The Labute approximate surface area is 247 Å². The molecule has 0 radical (unpaired) electrons. The van der Waals surface area contributed by atoms with Gasteiger partial charge in [-0.3, -0.25) is 24.6 Å². The molecule has 7 N–H and O–H groups in total. The molecule has 12 nitrogen and oxygen atoms in total. The van der Waals surface area contributed by atoms with Crippen LogP contribution in [0.1, 0.15) is 30.9 Å². The average Bonchev–Trinajstić information content (AvgIpc) is 2.94. The third-order valence-corrected chi connectivity index (χ3v) is 8.48. The molecule has 0 aromatic heterocycles. The number of phenols is 1. The largest absolute Gasteiger partial charge is 0.508 e. The molecular formula is C31H33N3O9. The number of aliphatic hydroxyl groups is 3. The lowest BCUT2D eigenvalue weighted by Crippen LogP contribution is -2.65. The Morgan fingerprint density at radius 1 is 1.09 bits per heavy atom. The number of nitrogens with zero attached hydrogens (tertiary/aromatic N) is 1. The summed E-state index contributed by atoms with van der Waals surface area (Å²) in [6.45, 7) is 2.17. The van der Waals surface area contributed by atoms with Gasteiger partial charge in [-0.05, 0) is 74.2 Å². The molecule has 4 atom stereocenters. The van der Waals surface area contributed by atoms with E-state index in [-0.39, 0.29) is 36.3 Å². The highest BCUT2D eigenvalue weighted by Crippen LogP contribution is 2.53. The van der Waals surface area contributed by atoms with Crippen LogP contribution in [0.2, 0.25) is 0 Å². The van der Waals surface area contributed by atoms with Crippen LogP contribution >= 0.6 is 0 Å². The Hall–Kier alpha value is -4.68. The Morgan fingerprint density at radius 3 is 2.37 bits per heavy atom. The summed E-state index contributed by atoms with van der Waals surface area (Å²) in [5.41, 5.74) is 3.97. The van der Waals surface area contributed by atoms with Gasteiger partial charge in [0.1, 0.15) is 22.8 Å². The fraction of sp³-hybridized carbons (Fsp3) is 0.355. The average molecular weight is 592 g/mol. The number of rotatable bonds is 6. The molecule has 12 heteroatoms. The molecule has 0 bridgehead atoms. The molecule has 2 aromatic carbocycles. The van der Waals surface area contributed by atoms with Crippen LogP contribution in [-0.2, 0) is 25.5 Å². The van der Waals surface area contributed by atoms with Crippen LogP contribution in [0.3, 0.4) is 0 Å². The first-order chi connectivity index (χ1) is 20.3. The molecule has 2 aromatic rings. The Kier molecular flexibility index (Phi) is 7.53. The number of aromatic hydroxyl groups is 1. The Morgan fingerprint density at radius 2 is 1.77 bits per heavy atom. The molecule has 5 rings (SSSR count). The number of hydrogen-bond donors (Lipinski definition) is 6. The molecule has 43 heavy (non-hydrogen) atoms. The van der Waals surface area contributed by atoms with Crippen molar-refractivity contribution in [3.8, 4) is 16.9 Å². The van der Waals surface area contributed by atoms with Crippen molar-refractivity contribution in [1.82, 2.24) is 4.90 Å². The first-order valence-corrected chi connectivity index (χ1v) is 13.9. The van der Waals surface area contributed by atoms with E-state index in [1.54, 1.807) is 44.4 Å². The SMILES string of the molecule is CCCOC(=O)Nc1ccc(-c2ccc(O)c3c2C[C@H]2C[C@H]4[C@H](N(C)C)C(=O)C(C(N)=O)=C(O)[C@@]4(O)C(=O)C2=C3O)cc1. The number of fused-ring (bicyclic) bond motifs is 3. The van der Waals surface area contributed by atoms with Gasteiger partial charge in [0.15, 0.2) is 11.4 Å². The van der Waals surface area contributed by atoms with Crippen LogP contribution in [0.15, 0.2) is 53.3 Å². The lowest BCUT2D eigenvalue weighted by atomic mass is 9.57. The van der Waals surface area contributed by atoms with E-state index in [9.17, 15) is 39.6 Å².